The summed E-state index contributed by atoms with van der Waals surface area (Å²) in [5.74, 6) is 0.718. The van der Waals surface area contributed by atoms with Crippen LogP contribution in [0.25, 0.3) is 0 Å². The lowest BCUT2D eigenvalue weighted by Crippen LogP contribution is -1.96. The quantitative estimate of drug-likeness (QED) is 0.476. The maximum Gasteiger partial charge on any atom is 0.311 e. The molecule has 0 radical (unpaired) electrons. The second-order valence-electron chi connectivity index (χ2n) is 4.21. The van der Waals surface area contributed by atoms with E-state index in [0.717, 1.165) is 11.3 Å². The lowest BCUT2D eigenvalue weighted by atomic mass is 10.1. The lowest BCUT2D eigenvalue weighted by Gasteiger charge is -2.07. The first-order valence-corrected chi connectivity index (χ1v) is 6.21. The van der Waals surface area contributed by atoms with Gasteiger partial charge in [0.05, 0.1) is 10.6 Å². The number of nitro groups is 1. The molecule has 0 saturated carbocycles. The summed E-state index contributed by atoms with van der Waals surface area (Å²) in [4.78, 5) is 15.2. The zero-order valence-corrected chi connectivity index (χ0v) is 11.6. The third-order valence-electron chi connectivity index (χ3n) is 2.79. The molecule has 0 aromatic heterocycles. The predicted octanol–water partition coefficient (Wildman–Crippen LogP) is 3.76. The molecule has 108 valence electrons. The molecule has 0 aliphatic heterocycles. The van der Waals surface area contributed by atoms with E-state index in [9.17, 15) is 10.1 Å². The molecule has 0 unspecified atom stereocenters. The van der Waals surface area contributed by atoms with Gasteiger partial charge in [-0.1, -0.05) is 17.3 Å². The Morgan fingerprint density at radius 3 is 2.43 bits per heavy atom. The van der Waals surface area contributed by atoms with Crippen LogP contribution in [0.3, 0.4) is 0 Å². The molecule has 2 aromatic carbocycles. The summed E-state index contributed by atoms with van der Waals surface area (Å²) < 4.78 is 5.55. The van der Waals surface area contributed by atoms with Crippen LogP contribution in [0.1, 0.15) is 12.5 Å². The monoisotopic (exact) mass is 286 g/mol. The van der Waals surface area contributed by atoms with E-state index in [2.05, 4.69) is 5.16 Å². The second kappa shape index (κ2) is 6.51. The standard InChI is InChI=1S/C15H14N2O4/c1-11(16-20-2)12-7-9-13(10-8-12)21-15-6-4-3-5-14(15)17(18)19/h3-10H,1-2H3. The number of para-hydroxylation sites is 2. The van der Waals surface area contributed by atoms with Gasteiger partial charge in [0.15, 0.2) is 0 Å². The summed E-state index contributed by atoms with van der Waals surface area (Å²) in [6.45, 7) is 1.82. The van der Waals surface area contributed by atoms with Crippen LogP contribution in [0.2, 0.25) is 0 Å². The van der Waals surface area contributed by atoms with Crippen molar-refractivity contribution in [1.29, 1.82) is 0 Å². The number of rotatable bonds is 5. The molecular weight excluding hydrogens is 272 g/mol. The van der Waals surface area contributed by atoms with Crippen LogP contribution in [0.4, 0.5) is 5.69 Å². The topological polar surface area (TPSA) is 74.0 Å². The van der Waals surface area contributed by atoms with Crippen molar-refractivity contribution in [3.63, 3.8) is 0 Å². The van der Waals surface area contributed by atoms with Crippen molar-refractivity contribution in [2.45, 2.75) is 6.92 Å². The van der Waals surface area contributed by atoms with E-state index in [1.54, 1.807) is 30.3 Å². The van der Waals surface area contributed by atoms with Crippen LogP contribution < -0.4 is 4.74 Å². The smallest absolute Gasteiger partial charge is 0.311 e. The zero-order chi connectivity index (χ0) is 15.2. The van der Waals surface area contributed by atoms with Crippen LogP contribution in [-0.2, 0) is 4.84 Å². The first-order chi connectivity index (χ1) is 10.1. The molecule has 0 bridgehead atoms. The first-order valence-electron chi connectivity index (χ1n) is 6.21. The molecule has 0 N–H and O–H groups in total. The number of oxime groups is 1. The van der Waals surface area contributed by atoms with E-state index in [4.69, 9.17) is 9.57 Å². The van der Waals surface area contributed by atoms with Gasteiger partial charge in [0.2, 0.25) is 5.75 Å². The highest BCUT2D eigenvalue weighted by Crippen LogP contribution is 2.30. The number of ether oxygens (including phenoxy) is 1. The highest BCUT2D eigenvalue weighted by molar-refractivity contribution is 5.98. The predicted molar refractivity (Wildman–Crippen MR) is 78.8 cm³/mol. The Balaban J connectivity index is 2.22. The Kier molecular flexibility index (Phi) is 4.50. The molecule has 0 heterocycles. The summed E-state index contributed by atoms with van der Waals surface area (Å²) >= 11 is 0. The van der Waals surface area contributed by atoms with E-state index in [1.807, 2.05) is 19.1 Å². The summed E-state index contributed by atoms with van der Waals surface area (Å²) in [6.07, 6.45) is 0. The van der Waals surface area contributed by atoms with Crippen LogP contribution in [-0.4, -0.2) is 17.7 Å². The van der Waals surface area contributed by atoms with E-state index in [0.29, 0.717) is 5.75 Å². The fraction of sp³-hybridized carbons (Fsp3) is 0.133. The molecule has 2 aromatic rings. The van der Waals surface area contributed by atoms with Crippen LogP contribution in [0.5, 0.6) is 11.5 Å². The third-order valence-corrected chi connectivity index (χ3v) is 2.79. The van der Waals surface area contributed by atoms with Crippen molar-refractivity contribution in [2.75, 3.05) is 7.11 Å². The molecule has 6 nitrogen and oxygen atoms in total. The van der Waals surface area contributed by atoms with Gasteiger partial charge in [0.25, 0.3) is 0 Å². The average molecular weight is 286 g/mol. The van der Waals surface area contributed by atoms with Gasteiger partial charge >= 0.3 is 5.69 Å². The number of benzene rings is 2. The highest BCUT2D eigenvalue weighted by Gasteiger charge is 2.14. The van der Waals surface area contributed by atoms with Gasteiger partial charge in [-0.15, -0.1) is 0 Å². The molecule has 21 heavy (non-hydrogen) atoms. The van der Waals surface area contributed by atoms with Crippen molar-refractivity contribution < 1.29 is 14.5 Å². The van der Waals surface area contributed by atoms with Gasteiger partial charge in [-0.2, -0.15) is 0 Å². The number of hydrogen-bond donors (Lipinski definition) is 0. The first kappa shape index (κ1) is 14.5. The molecule has 0 amide bonds. The van der Waals surface area contributed by atoms with Gasteiger partial charge in [-0.25, -0.2) is 0 Å². The number of nitro benzene ring substituents is 1. The Labute approximate surface area is 121 Å². The van der Waals surface area contributed by atoms with Crippen molar-refractivity contribution in [2.24, 2.45) is 5.16 Å². The van der Waals surface area contributed by atoms with E-state index < -0.39 is 4.92 Å². The molecule has 2 rings (SSSR count). The van der Waals surface area contributed by atoms with Gasteiger partial charge in [0, 0.05) is 6.07 Å². The van der Waals surface area contributed by atoms with Crippen molar-refractivity contribution in [1.82, 2.24) is 0 Å². The van der Waals surface area contributed by atoms with E-state index in [-0.39, 0.29) is 11.4 Å². The Morgan fingerprint density at radius 1 is 1.14 bits per heavy atom. The molecule has 0 spiro atoms. The summed E-state index contributed by atoms with van der Waals surface area (Å²) in [7, 11) is 1.48. The number of hydrogen-bond acceptors (Lipinski definition) is 5. The van der Waals surface area contributed by atoms with Gasteiger partial charge in [-0.3, -0.25) is 10.1 Å². The third kappa shape index (κ3) is 3.56. The average Bonchev–Trinajstić information content (AvgIpc) is 2.48. The molecule has 0 fully saturated rings. The molecule has 0 aliphatic rings. The summed E-state index contributed by atoms with van der Waals surface area (Å²) in [6, 6.07) is 13.3. The van der Waals surface area contributed by atoms with Crippen molar-refractivity contribution in [3.8, 4) is 11.5 Å². The molecule has 6 heteroatoms. The van der Waals surface area contributed by atoms with Gasteiger partial charge < -0.3 is 9.57 Å². The second-order valence-corrected chi connectivity index (χ2v) is 4.21. The minimum Gasteiger partial charge on any atom is -0.450 e. The van der Waals surface area contributed by atoms with Gasteiger partial charge in [-0.05, 0) is 42.8 Å². The summed E-state index contributed by atoms with van der Waals surface area (Å²) in [5.41, 5.74) is 1.54. The van der Waals surface area contributed by atoms with Crippen LogP contribution in [0, 0.1) is 10.1 Å². The van der Waals surface area contributed by atoms with E-state index in [1.165, 1.54) is 13.2 Å². The molecular formula is C15H14N2O4. The number of nitrogens with zero attached hydrogens (tertiary/aromatic N) is 2. The fourth-order valence-corrected chi connectivity index (χ4v) is 1.78. The normalized spacial score (nSPS) is 11.0. The van der Waals surface area contributed by atoms with Crippen LogP contribution in [0.15, 0.2) is 53.7 Å². The maximum atomic E-state index is 10.9. The summed E-state index contributed by atoms with van der Waals surface area (Å²) in [5, 5.41) is 14.8. The Morgan fingerprint density at radius 2 is 1.81 bits per heavy atom. The molecule has 0 saturated heterocycles. The maximum absolute atomic E-state index is 10.9. The molecule has 0 aliphatic carbocycles. The zero-order valence-electron chi connectivity index (χ0n) is 11.6. The Hall–Kier alpha value is -2.89. The lowest BCUT2D eigenvalue weighted by molar-refractivity contribution is -0.385. The van der Waals surface area contributed by atoms with E-state index >= 15 is 0 Å². The minimum atomic E-state index is -0.473. The largest absolute Gasteiger partial charge is 0.450 e. The van der Waals surface area contributed by atoms with Crippen molar-refractivity contribution >= 4 is 11.4 Å². The highest BCUT2D eigenvalue weighted by atomic mass is 16.6. The fourth-order valence-electron chi connectivity index (χ4n) is 1.78. The van der Waals surface area contributed by atoms with Crippen LogP contribution >= 0.6 is 0 Å². The minimum absolute atomic E-state index is 0.0706. The molecule has 0 atom stereocenters. The SMILES string of the molecule is CON=C(C)c1ccc(Oc2ccccc2[N+](=O)[O-])cc1. The van der Waals surface area contributed by atoms with Crippen molar-refractivity contribution in [3.05, 3.63) is 64.2 Å². The Bertz CT molecular complexity index is 666. The van der Waals surface area contributed by atoms with Gasteiger partial charge in [0.1, 0.15) is 12.9 Å².